The van der Waals surface area contributed by atoms with Gasteiger partial charge in [-0.05, 0) is 41.0 Å². The van der Waals surface area contributed by atoms with Crippen molar-refractivity contribution in [3.05, 3.63) is 29.0 Å². The van der Waals surface area contributed by atoms with E-state index in [9.17, 15) is 4.79 Å². The SMILES string of the molecule is CSc1ccccc1-n1nnn([C@@H]2CC(=O)[C@H]3OC[C@@H]2O3)c1=S. The molecule has 1 aromatic heterocycles. The number of tetrazole rings is 1. The van der Waals surface area contributed by atoms with Crippen LogP contribution in [0.1, 0.15) is 12.5 Å². The van der Waals surface area contributed by atoms with Gasteiger partial charge in [-0.25, -0.2) is 4.68 Å². The number of benzene rings is 1. The number of fused-ring (bicyclic) bond motifs is 2. The first-order chi connectivity index (χ1) is 11.2. The Morgan fingerprint density at radius 1 is 1.35 bits per heavy atom. The fourth-order valence-electron chi connectivity index (χ4n) is 2.89. The molecular weight excluding hydrogens is 336 g/mol. The third-order valence-electron chi connectivity index (χ3n) is 4.04. The molecule has 7 nitrogen and oxygen atoms in total. The summed E-state index contributed by atoms with van der Waals surface area (Å²) in [5.41, 5.74) is 0.875. The van der Waals surface area contributed by atoms with Gasteiger partial charge in [0.1, 0.15) is 6.10 Å². The Hall–Kier alpha value is -1.55. The first-order valence-corrected chi connectivity index (χ1v) is 8.80. The van der Waals surface area contributed by atoms with Crippen LogP contribution in [0.3, 0.4) is 0 Å². The van der Waals surface area contributed by atoms with Gasteiger partial charge in [0.05, 0.1) is 18.3 Å². The lowest BCUT2D eigenvalue weighted by Gasteiger charge is -2.25. The van der Waals surface area contributed by atoms with Crippen LogP contribution in [0.15, 0.2) is 29.2 Å². The van der Waals surface area contributed by atoms with E-state index < -0.39 is 6.29 Å². The molecule has 4 rings (SSSR count). The van der Waals surface area contributed by atoms with Gasteiger partial charge in [0, 0.05) is 11.3 Å². The normalized spacial score (nSPS) is 26.7. The molecule has 3 atom stereocenters. The molecule has 0 N–H and O–H groups in total. The Balaban J connectivity index is 1.74. The van der Waals surface area contributed by atoms with Gasteiger partial charge in [-0.1, -0.05) is 12.1 Å². The fourth-order valence-corrected chi connectivity index (χ4v) is 3.77. The molecule has 120 valence electrons. The van der Waals surface area contributed by atoms with Crippen LogP contribution in [0.5, 0.6) is 0 Å². The van der Waals surface area contributed by atoms with E-state index in [0.29, 0.717) is 17.8 Å². The quantitative estimate of drug-likeness (QED) is 0.617. The number of ether oxygens (including phenoxy) is 2. The molecule has 0 amide bonds. The van der Waals surface area contributed by atoms with Crippen molar-refractivity contribution in [2.75, 3.05) is 12.9 Å². The Kier molecular flexibility index (Phi) is 3.80. The van der Waals surface area contributed by atoms with Gasteiger partial charge in [-0.2, -0.15) is 4.68 Å². The molecule has 23 heavy (non-hydrogen) atoms. The predicted molar refractivity (Wildman–Crippen MR) is 85.2 cm³/mol. The summed E-state index contributed by atoms with van der Waals surface area (Å²) in [4.78, 5) is 13.0. The molecule has 3 heterocycles. The lowest BCUT2D eigenvalue weighted by atomic mass is 10.0. The van der Waals surface area contributed by atoms with Crippen molar-refractivity contribution in [3.63, 3.8) is 0 Å². The summed E-state index contributed by atoms with van der Waals surface area (Å²) in [7, 11) is 0. The zero-order valence-corrected chi connectivity index (χ0v) is 13.9. The Morgan fingerprint density at radius 2 is 2.17 bits per heavy atom. The number of para-hydroxylation sites is 1. The fraction of sp³-hybridized carbons (Fsp3) is 0.429. The van der Waals surface area contributed by atoms with Gasteiger partial charge in [0.15, 0.2) is 5.78 Å². The van der Waals surface area contributed by atoms with E-state index in [0.717, 1.165) is 10.6 Å². The minimum atomic E-state index is -0.724. The zero-order chi connectivity index (χ0) is 16.0. The molecule has 0 saturated carbocycles. The Morgan fingerprint density at radius 3 is 3.00 bits per heavy atom. The number of Topliss-reactive ketones (excluding diaryl/α,β-unsaturated/α-hetero) is 1. The standard InChI is InChI=1S/C14H14N4O3S2/c1-23-12-5-3-2-4-8(12)17-14(22)18(16-15-17)9-6-10(19)13-20-7-11(9)21-13/h2-5,9,11,13H,6-7H2,1H3/t9-,11+,13+/m1/s1. The number of carbonyl (C=O) groups excluding carboxylic acids is 1. The molecule has 0 radical (unpaired) electrons. The van der Waals surface area contributed by atoms with Crippen molar-refractivity contribution in [3.8, 4) is 5.69 Å². The number of ketones is 1. The highest BCUT2D eigenvalue weighted by molar-refractivity contribution is 7.98. The Labute approximate surface area is 141 Å². The molecule has 2 fully saturated rings. The third kappa shape index (κ3) is 2.44. The largest absolute Gasteiger partial charge is 0.343 e. The topological polar surface area (TPSA) is 71.2 Å². The van der Waals surface area contributed by atoms with E-state index in [-0.39, 0.29) is 17.9 Å². The second-order valence-electron chi connectivity index (χ2n) is 5.37. The van der Waals surface area contributed by atoms with E-state index in [1.165, 1.54) is 0 Å². The van der Waals surface area contributed by atoms with Gasteiger partial charge in [0.2, 0.25) is 11.1 Å². The van der Waals surface area contributed by atoms with Crippen LogP contribution in [0.4, 0.5) is 0 Å². The zero-order valence-electron chi connectivity index (χ0n) is 12.3. The number of hydrogen-bond acceptors (Lipinski definition) is 7. The van der Waals surface area contributed by atoms with Gasteiger partial charge >= 0.3 is 0 Å². The van der Waals surface area contributed by atoms with Crippen molar-refractivity contribution in [1.82, 2.24) is 19.8 Å². The van der Waals surface area contributed by atoms with Crippen molar-refractivity contribution in [1.29, 1.82) is 0 Å². The van der Waals surface area contributed by atoms with Gasteiger partial charge < -0.3 is 9.47 Å². The smallest absolute Gasteiger partial charge is 0.221 e. The van der Waals surface area contributed by atoms with E-state index in [2.05, 4.69) is 10.4 Å². The van der Waals surface area contributed by atoms with Crippen molar-refractivity contribution < 1.29 is 14.3 Å². The van der Waals surface area contributed by atoms with Crippen LogP contribution in [-0.4, -0.2) is 50.8 Å². The maximum absolute atomic E-state index is 12.0. The molecule has 0 spiro atoms. The van der Waals surface area contributed by atoms with Crippen molar-refractivity contribution in [2.45, 2.75) is 29.8 Å². The molecule has 2 saturated heterocycles. The second-order valence-corrected chi connectivity index (χ2v) is 6.58. The molecule has 2 bridgehead atoms. The summed E-state index contributed by atoms with van der Waals surface area (Å²) in [6.07, 6.45) is 1.35. The van der Waals surface area contributed by atoms with Crippen LogP contribution in [0.2, 0.25) is 0 Å². The maximum atomic E-state index is 12.0. The highest BCUT2D eigenvalue weighted by atomic mass is 32.2. The maximum Gasteiger partial charge on any atom is 0.221 e. The van der Waals surface area contributed by atoms with Gasteiger partial charge in [-0.3, -0.25) is 4.79 Å². The number of carbonyl (C=O) groups is 1. The van der Waals surface area contributed by atoms with Crippen LogP contribution < -0.4 is 0 Å². The van der Waals surface area contributed by atoms with E-state index in [1.54, 1.807) is 21.1 Å². The molecule has 0 aliphatic carbocycles. The van der Waals surface area contributed by atoms with E-state index in [4.69, 9.17) is 21.7 Å². The van der Waals surface area contributed by atoms with Crippen LogP contribution >= 0.6 is 24.0 Å². The molecular formula is C14H14N4O3S2. The molecule has 2 aromatic rings. The first kappa shape index (κ1) is 15.0. The number of hydrogen-bond donors (Lipinski definition) is 0. The summed E-state index contributed by atoms with van der Waals surface area (Å²) < 4.78 is 14.6. The average molecular weight is 350 g/mol. The first-order valence-electron chi connectivity index (χ1n) is 7.16. The van der Waals surface area contributed by atoms with Gasteiger partial charge in [-0.15, -0.1) is 11.8 Å². The highest BCUT2D eigenvalue weighted by Crippen LogP contribution is 2.33. The lowest BCUT2D eigenvalue weighted by Crippen LogP contribution is -2.37. The molecule has 1 aromatic carbocycles. The number of aromatic nitrogens is 4. The van der Waals surface area contributed by atoms with Gasteiger partial charge in [0.25, 0.3) is 0 Å². The third-order valence-corrected chi connectivity index (χ3v) is 5.19. The molecule has 9 heteroatoms. The van der Waals surface area contributed by atoms with Crippen molar-refractivity contribution in [2.24, 2.45) is 0 Å². The summed E-state index contributed by atoms with van der Waals surface area (Å²) >= 11 is 7.15. The average Bonchev–Trinajstić information content (AvgIpc) is 3.16. The van der Waals surface area contributed by atoms with Crippen LogP contribution in [-0.2, 0) is 14.3 Å². The number of nitrogens with zero attached hydrogens (tertiary/aromatic N) is 4. The minimum absolute atomic E-state index is 0.0790. The van der Waals surface area contributed by atoms with E-state index in [1.807, 2.05) is 30.5 Å². The Bertz CT molecular complexity index is 818. The lowest BCUT2D eigenvalue weighted by molar-refractivity contribution is -0.156. The summed E-state index contributed by atoms with van der Waals surface area (Å²) in [5.74, 6) is -0.0790. The highest BCUT2D eigenvalue weighted by Gasteiger charge is 2.45. The summed E-state index contributed by atoms with van der Waals surface area (Å²) in [6, 6.07) is 7.57. The van der Waals surface area contributed by atoms with Crippen LogP contribution in [0.25, 0.3) is 5.69 Å². The second kappa shape index (κ2) is 5.82. The predicted octanol–water partition coefficient (Wildman–Crippen LogP) is 1.78. The summed E-state index contributed by atoms with van der Waals surface area (Å²) in [5, 5.41) is 8.35. The minimum Gasteiger partial charge on any atom is -0.343 e. The number of thioether (sulfide) groups is 1. The molecule has 0 unspecified atom stereocenters. The van der Waals surface area contributed by atoms with Crippen molar-refractivity contribution >= 4 is 29.8 Å². The molecule has 2 aliphatic heterocycles. The monoisotopic (exact) mass is 350 g/mol. The van der Waals surface area contributed by atoms with Crippen LogP contribution in [0, 0.1) is 4.77 Å². The summed E-state index contributed by atoms with van der Waals surface area (Å²) in [6.45, 7) is 0.372. The number of rotatable bonds is 3. The molecule has 2 aliphatic rings. The van der Waals surface area contributed by atoms with E-state index >= 15 is 0 Å².